The molecule has 0 heterocycles. The van der Waals surface area contributed by atoms with Gasteiger partial charge in [-0.2, -0.15) is 0 Å². The van der Waals surface area contributed by atoms with Crippen LogP contribution in [0.25, 0.3) is 0 Å². The van der Waals surface area contributed by atoms with Crippen molar-refractivity contribution in [2.45, 2.75) is 104 Å². The maximum atomic E-state index is 5.62. The summed E-state index contributed by atoms with van der Waals surface area (Å²) in [6, 6.07) is 26.6. The number of hydrogen-bond acceptors (Lipinski definition) is 1. The van der Waals surface area contributed by atoms with Crippen LogP contribution in [0.5, 0.6) is 0 Å². The third-order valence-corrected chi connectivity index (χ3v) is 7.32. The van der Waals surface area contributed by atoms with Crippen molar-refractivity contribution in [2.75, 3.05) is 4.90 Å². The fourth-order valence-electron chi connectivity index (χ4n) is 5.00. The quantitative estimate of drug-likeness (QED) is 0.133. The molecule has 0 aliphatic heterocycles. The Morgan fingerprint density at radius 3 is 1.22 bits per heavy atom. The normalized spacial score (nSPS) is 10.8. The van der Waals surface area contributed by atoms with E-state index in [9.17, 15) is 0 Å². The largest absolute Gasteiger partial charge is 0.311 e. The second-order valence-electron chi connectivity index (χ2n) is 10.4. The first kappa shape index (κ1) is 28.6. The predicted octanol–water partition coefficient (Wildman–Crippen LogP) is 10.9. The summed E-state index contributed by atoms with van der Waals surface area (Å²) in [6.07, 6.45) is 24.0. The van der Waals surface area contributed by atoms with Crippen LogP contribution in [0, 0.1) is 12.3 Å². The lowest BCUT2D eigenvalue weighted by molar-refractivity contribution is 0.607. The number of terminal acetylenes is 1. The van der Waals surface area contributed by atoms with E-state index in [1.165, 1.54) is 99.6 Å². The third kappa shape index (κ3) is 9.77. The van der Waals surface area contributed by atoms with Gasteiger partial charge in [-0.25, -0.2) is 0 Å². The van der Waals surface area contributed by atoms with Crippen molar-refractivity contribution in [2.24, 2.45) is 0 Å². The van der Waals surface area contributed by atoms with Gasteiger partial charge in [-0.1, -0.05) is 108 Å². The summed E-state index contributed by atoms with van der Waals surface area (Å²) in [6.45, 7) is 4.55. The summed E-state index contributed by atoms with van der Waals surface area (Å²) in [5.74, 6) is 2.74. The number of benzene rings is 3. The van der Waals surface area contributed by atoms with Crippen LogP contribution < -0.4 is 4.90 Å². The minimum Gasteiger partial charge on any atom is -0.311 e. The Labute approximate surface area is 227 Å². The van der Waals surface area contributed by atoms with E-state index in [0.29, 0.717) is 0 Å². The van der Waals surface area contributed by atoms with E-state index < -0.39 is 0 Å². The number of aryl methyl sites for hydroxylation is 2. The Kier molecular flexibility index (Phi) is 12.9. The van der Waals surface area contributed by atoms with Crippen molar-refractivity contribution in [3.8, 4) is 12.3 Å². The van der Waals surface area contributed by atoms with Crippen molar-refractivity contribution < 1.29 is 0 Å². The zero-order valence-electron chi connectivity index (χ0n) is 23.4. The molecular formula is C36H47N. The molecule has 0 bridgehead atoms. The van der Waals surface area contributed by atoms with Gasteiger partial charge in [-0.05, 0) is 85.3 Å². The van der Waals surface area contributed by atoms with E-state index in [-0.39, 0.29) is 0 Å². The molecule has 0 saturated heterocycles. The minimum atomic E-state index is 0.910. The number of unbranched alkanes of at least 4 members (excludes halogenated alkanes) is 10. The highest BCUT2D eigenvalue weighted by Gasteiger charge is 2.12. The van der Waals surface area contributed by atoms with E-state index >= 15 is 0 Å². The van der Waals surface area contributed by atoms with Gasteiger partial charge in [-0.3, -0.25) is 0 Å². The second kappa shape index (κ2) is 16.7. The molecule has 1 nitrogen and oxygen atoms in total. The van der Waals surface area contributed by atoms with Crippen LogP contribution in [0.1, 0.15) is 108 Å². The highest BCUT2D eigenvalue weighted by molar-refractivity contribution is 5.76. The van der Waals surface area contributed by atoms with E-state index in [1.54, 1.807) is 0 Å². The first-order chi connectivity index (χ1) is 18.2. The topological polar surface area (TPSA) is 3.24 Å². The van der Waals surface area contributed by atoms with Crippen LogP contribution in [-0.2, 0) is 12.8 Å². The van der Waals surface area contributed by atoms with Gasteiger partial charge < -0.3 is 4.90 Å². The van der Waals surface area contributed by atoms with Crippen LogP contribution in [0.2, 0.25) is 0 Å². The fourth-order valence-corrected chi connectivity index (χ4v) is 5.00. The van der Waals surface area contributed by atoms with Crippen LogP contribution >= 0.6 is 0 Å². The number of hydrogen-bond donors (Lipinski definition) is 0. The molecule has 0 spiro atoms. The maximum absolute atomic E-state index is 5.62. The van der Waals surface area contributed by atoms with Gasteiger partial charge in [0.25, 0.3) is 0 Å². The molecule has 3 aromatic rings. The summed E-state index contributed by atoms with van der Waals surface area (Å²) in [5, 5.41) is 0. The molecule has 0 amide bonds. The maximum Gasteiger partial charge on any atom is 0.0462 e. The van der Waals surface area contributed by atoms with E-state index in [0.717, 1.165) is 24.1 Å². The van der Waals surface area contributed by atoms with Gasteiger partial charge >= 0.3 is 0 Å². The van der Waals surface area contributed by atoms with E-state index in [2.05, 4.69) is 85.3 Å². The van der Waals surface area contributed by atoms with Gasteiger partial charge in [0.1, 0.15) is 0 Å². The van der Waals surface area contributed by atoms with Crippen LogP contribution in [0.4, 0.5) is 17.1 Å². The summed E-state index contributed by atoms with van der Waals surface area (Å²) in [5.41, 5.74) is 7.26. The first-order valence-corrected chi connectivity index (χ1v) is 14.8. The third-order valence-electron chi connectivity index (χ3n) is 7.32. The van der Waals surface area contributed by atoms with E-state index in [1.807, 2.05) is 12.1 Å². The van der Waals surface area contributed by atoms with Crippen molar-refractivity contribution in [3.05, 3.63) is 89.5 Å². The van der Waals surface area contributed by atoms with Crippen LogP contribution in [0.15, 0.2) is 72.8 Å². The lowest BCUT2D eigenvalue weighted by atomic mass is 10.0. The minimum absolute atomic E-state index is 0.910. The number of rotatable bonds is 17. The highest BCUT2D eigenvalue weighted by Crippen LogP contribution is 2.35. The molecule has 1 heteroatoms. The Morgan fingerprint density at radius 2 is 0.838 bits per heavy atom. The number of nitrogens with zero attached hydrogens (tertiary/aromatic N) is 1. The standard InChI is InChI=1S/C36H47N/c1-4-7-9-11-13-15-17-32-21-27-35(28-22-32)37(34-25-19-31(6-3)20-26-34)36-29-23-33(24-30-36)18-16-14-12-10-8-5-2/h3,19-30H,4-5,7-18H2,1-2H3. The molecule has 0 unspecified atom stereocenters. The first-order valence-electron chi connectivity index (χ1n) is 14.8. The molecule has 0 aliphatic rings. The molecule has 0 aliphatic carbocycles. The fraction of sp³-hybridized carbons (Fsp3) is 0.444. The SMILES string of the molecule is C#Cc1ccc(N(c2ccc(CCCCCCCC)cc2)c2ccc(CCCCCCCC)cc2)cc1. The summed E-state index contributed by atoms with van der Waals surface area (Å²) >= 11 is 0. The molecule has 3 aromatic carbocycles. The molecule has 0 saturated carbocycles. The van der Waals surface area contributed by atoms with E-state index in [4.69, 9.17) is 6.42 Å². The smallest absolute Gasteiger partial charge is 0.0462 e. The van der Waals surface area contributed by atoms with Crippen molar-refractivity contribution in [1.82, 2.24) is 0 Å². The second-order valence-corrected chi connectivity index (χ2v) is 10.4. The molecular weight excluding hydrogens is 446 g/mol. The average molecular weight is 494 g/mol. The van der Waals surface area contributed by atoms with Crippen molar-refractivity contribution >= 4 is 17.1 Å². The Hall–Kier alpha value is -2.98. The summed E-state index contributed by atoms with van der Waals surface area (Å²) in [7, 11) is 0. The average Bonchev–Trinajstić information content (AvgIpc) is 2.94. The Morgan fingerprint density at radius 1 is 0.486 bits per heavy atom. The molecule has 37 heavy (non-hydrogen) atoms. The predicted molar refractivity (Wildman–Crippen MR) is 163 cm³/mol. The molecule has 0 atom stereocenters. The molecule has 0 fully saturated rings. The van der Waals surface area contributed by atoms with Gasteiger partial charge in [0.05, 0.1) is 0 Å². The van der Waals surface area contributed by atoms with Crippen LogP contribution in [-0.4, -0.2) is 0 Å². The molecule has 3 rings (SSSR count). The van der Waals surface area contributed by atoms with Gasteiger partial charge in [-0.15, -0.1) is 6.42 Å². The van der Waals surface area contributed by atoms with Crippen molar-refractivity contribution in [3.63, 3.8) is 0 Å². The van der Waals surface area contributed by atoms with Gasteiger partial charge in [0, 0.05) is 22.6 Å². The van der Waals surface area contributed by atoms with Gasteiger partial charge in [0.15, 0.2) is 0 Å². The lowest BCUT2D eigenvalue weighted by Crippen LogP contribution is -2.10. The monoisotopic (exact) mass is 493 g/mol. The highest BCUT2D eigenvalue weighted by atomic mass is 15.1. The summed E-state index contributed by atoms with van der Waals surface area (Å²) < 4.78 is 0. The lowest BCUT2D eigenvalue weighted by Gasteiger charge is -2.26. The summed E-state index contributed by atoms with van der Waals surface area (Å²) in [4.78, 5) is 2.34. The number of anilines is 3. The zero-order valence-corrected chi connectivity index (χ0v) is 23.4. The Balaban J connectivity index is 1.68. The molecule has 196 valence electrons. The zero-order chi connectivity index (χ0) is 26.1. The molecule has 0 N–H and O–H groups in total. The Bertz CT molecular complexity index is 978. The molecule has 0 aromatic heterocycles. The van der Waals surface area contributed by atoms with Crippen molar-refractivity contribution in [1.29, 1.82) is 0 Å². The van der Waals surface area contributed by atoms with Crippen LogP contribution in [0.3, 0.4) is 0 Å². The van der Waals surface area contributed by atoms with Gasteiger partial charge in [0.2, 0.25) is 0 Å². The molecule has 0 radical (unpaired) electrons.